The Kier molecular flexibility index (Phi) is 7.39. The lowest BCUT2D eigenvalue weighted by molar-refractivity contribution is -0.145. The number of benzene rings is 3. The van der Waals surface area contributed by atoms with Crippen LogP contribution >= 0.6 is 0 Å². The summed E-state index contributed by atoms with van der Waals surface area (Å²) in [5.41, 5.74) is 2.50. The van der Waals surface area contributed by atoms with Gasteiger partial charge >= 0.3 is 5.97 Å². The maximum atomic E-state index is 13.4. The van der Waals surface area contributed by atoms with E-state index >= 15 is 0 Å². The maximum absolute atomic E-state index is 13.4. The van der Waals surface area contributed by atoms with Crippen LogP contribution in [0.2, 0.25) is 0 Å². The van der Waals surface area contributed by atoms with Gasteiger partial charge < -0.3 is 9.47 Å². The van der Waals surface area contributed by atoms with Gasteiger partial charge in [-0.2, -0.15) is 0 Å². The Hall–Kier alpha value is -3.40. The fraction of sp³-hybridized carbons (Fsp3) is 0.231. The van der Waals surface area contributed by atoms with E-state index in [9.17, 15) is 9.59 Å². The van der Waals surface area contributed by atoms with Crippen LogP contribution in [0, 0.1) is 5.92 Å². The molecule has 0 heterocycles. The van der Waals surface area contributed by atoms with Crippen LogP contribution in [0.3, 0.4) is 0 Å². The average molecular weight is 402 g/mol. The van der Waals surface area contributed by atoms with Gasteiger partial charge in [-0.1, -0.05) is 79.7 Å². The Morgan fingerprint density at radius 3 is 2.20 bits per heavy atom. The number of carbonyl (C=O) groups is 2. The monoisotopic (exact) mass is 402 g/mol. The van der Waals surface area contributed by atoms with Gasteiger partial charge in [0.2, 0.25) is 0 Å². The molecule has 0 N–H and O–H groups in total. The van der Waals surface area contributed by atoms with Crippen molar-refractivity contribution in [2.75, 3.05) is 7.11 Å². The summed E-state index contributed by atoms with van der Waals surface area (Å²) in [6, 6.07) is 26.6. The van der Waals surface area contributed by atoms with Crippen molar-refractivity contribution < 1.29 is 19.1 Å². The van der Waals surface area contributed by atoms with Gasteiger partial charge in [0.15, 0.2) is 5.78 Å². The van der Waals surface area contributed by atoms with Crippen LogP contribution in [0.5, 0.6) is 5.75 Å². The van der Waals surface area contributed by atoms with Crippen molar-refractivity contribution in [3.05, 3.63) is 102 Å². The minimum Gasteiger partial charge on any atom is -0.489 e. The predicted octanol–water partition coefficient (Wildman–Crippen LogP) is 5.43. The molecule has 30 heavy (non-hydrogen) atoms. The molecule has 2 unspecified atom stereocenters. The first kappa shape index (κ1) is 21.3. The SMILES string of the molecule is COC(=O)C(C)CC(C(=O)c1cccc(OCc2ccccc2)c1)c1ccccc1. The van der Waals surface area contributed by atoms with Crippen LogP contribution in [-0.4, -0.2) is 18.9 Å². The molecule has 0 aliphatic heterocycles. The van der Waals surface area contributed by atoms with Gasteiger partial charge in [0.25, 0.3) is 0 Å². The van der Waals surface area contributed by atoms with Crippen LogP contribution < -0.4 is 4.74 Å². The zero-order valence-corrected chi connectivity index (χ0v) is 17.3. The van der Waals surface area contributed by atoms with Gasteiger partial charge in [-0.25, -0.2) is 0 Å². The van der Waals surface area contributed by atoms with Gasteiger partial charge in [-0.3, -0.25) is 9.59 Å². The Morgan fingerprint density at radius 2 is 1.53 bits per heavy atom. The number of Topliss-reactive ketones (excluding diaryl/α,β-unsaturated/α-hetero) is 1. The molecule has 0 fully saturated rings. The van der Waals surface area contributed by atoms with E-state index in [1.54, 1.807) is 19.1 Å². The zero-order chi connectivity index (χ0) is 21.3. The second-order valence-corrected chi connectivity index (χ2v) is 7.29. The fourth-order valence-corrected chi connectivity index (χ4v) is 3.41. The van der Waals surface area contributed by atoms with Crippen LogP contribution in [0.15, 0.2) is 84.9 Å². The van der Waals surface area contributed by atoms with E-state index in [0.29, 0.717) is 24.3 Å². The molecule has 4 nitrogen and oxygen atoms in total. The molecule has 0 radical (unpaired) electrons. The molecule has 0 aliphatic carbocycles. The molecule has 154 valence electrons. The highest BCUT2D eigenvalue weighted by Crippen LogP contribution is 2.29. The second kappa shape index (κ2) is 10.4. The van der Waals surface area contributed by atoms with Crippen LogP contribution in [0.25, 0.3) is 0 Å². The number of rotatable bonds is 9. The molecule has 3 aromatic carbocycles. The van der Waals surface area contributed by atoms with Crippen LogP contribution in [0.4, 0.5) is 0 Å². The van der Waals surface area contributed by atoms with E-state index in [1.165, 1.54) is 7.11 Å². The third-order valence-electron chi connectivity index (χ3n) is 5.08. The number of methoxy groups -OCH3 is 1. The molecule has 2 atom stereocenters. The first-order valence-corrected chi connectivity index (χ1v) is 10.0. The number of hydrogen-bond acceptors (Lipinski definition) is 4. The lowest BCUT2D eigenvalue weighted by Crippen LogP contribution is -2.21. The topological polar surface area (TPSA) is 52.6 Å². The lowest BCUT2D eigenvalue weighted by atomic mass is 9.84. The molecule has 0 saturated carbocycles. The number of carbonyl (C=O) groups excluding carboxylic acids is 2. The average Bonchev–Trinajstić information content (AvgIpc) is 2.81. The molecule has 0 bridgehead atoms. The second-order valence-electron chi connectivity index (χ2n) is 7.29. The molecule has 0 saturated heterocycles. The van der Waals surface area contributed by atoms with Crippen molar-refractivity contribution in [3.63, 3.8) is 0 Å². The van der Waals surface area contributed by atoms with Crippen molar-refractivity contribution in [3.8, 4) is 5.75 Å². The molecule has 4 heteroatoms. The summed E-state index contributed by atoms with van der Waals surface area (Å²) in [5.74, 6) is -0.547. The molecule has 0 amide bonds. The fourth-order valence-electron chi connectivity index (χ4n) is 3.41. The highest BCUT2D eigenvalue weighted by atomic mass is 16.5. The Labute approximate surface area is 177 Å². The minimum atomic E-state index is -0.440. The Morgan fingerprint density at radius 1 is 0.867 bits per heavy atom. The molecule has 3 aromatic rings. The number of esters is 1. The van der Waals surface area contributed by atoms with Crippen LogP contribution in [-0.2, 0) is 16.1 Å². The van der Waals surface area contributed by atoms with Crippen molar-refractivity contribution in [1.29, 1.82) is 0 Å². The summed E-state index contributed by atoms with van der Waals surface area (Å²) < 4.78 is 10.7. The normalized spacial score (nSPS) is 12.6. The summed E-state index contributed by atoms with van der Waals surface area (Å²) in [4.78, 5) is 25.4. The van der Waals surface area contributed by atoms with Crippen molar-refractivity contribution >= 4 is 11.8 Å². The van der Waals surface area contributed by atoms with E-state index in [4.69, 9.17) is 9.47 Å². The number of ether oxygens (including phenoxy) is 2. The first-order chi connectivity index (χ1) is 14.6. The van der Waals surface area contributed by atoms with E-state index < -0.39 is 5.92 Å². The van der Waals surface area contributed by atoms with E-state index in [2.05, 4.69) is 0 Å². The Balaban J connectivity index is 1.80. The van der Waals surface area contributed by atoms with Crippen molar-refractivity contribution in [2.45, 2.75) is 25.9 Å². The summed E-state index contributed by atoms with van der Waals surface area (Å²) in [6.07, 6.45) is 0.380. The number of hydrogen-bond donors (Lipinski definition) is 0. The molecular weight excluding hydrogens is 376 g/mol. The molecule has 3 rings (SSSR count). The van der Waals surface area contributed by atoms with Gasteiger partial charge in [0.1, 0.15) is 12.4 Å². The van der Waals surface area contributed by atoms with Crippen molar-refractivity contribution in [1.82, 2.24) is 0 Å². The first-order valence-electron chi connectivity index (χ1n) is 10.0. The quantitative estimate of drug-likeness (QED) is 0.354. The molecule has 0 aromatic heterocycles. The molecular formula is C26H26O4. The summed E-state index contributed by atoms with van der Waals surface area (Å²) >= 11 is 0. The maximum Gasteiger partial charge on any atom is 0.308 e. The number of ketones is 1. The van der Waals surface area contributed by atoms with Crippen molar-refractivity contribution in [2.24, 2.45) is 5.92 Å². The third kappa shape index (κ3) is 5.57. The Bertz CT molecular complexity index is 967. The van der Waals surface area contributed by atoms with Crippen LogP contribution in [0.1, 0.15) is 40.7 Å². The van der Waals surface area contributed by atoms with E-state index in [1.807, 2.05) is 72.8 Å². The van der Waals surface area contributed by atoms with Gasteiger partial charge in [-0.05, 0) is 29.7 Å². The standard InChI is InChI=1S/C26H26O4/c1-19(26(28)29-2)16-24(21-12-7-4-8-13-21)25(27)22-14-9-15-23(17-22)30-18-20-10-5-3-6-11-20/h3-15,17,19,24H,16,18H2,1-2H3. The zero-order valence-electron chi connectivity index (χ0n) is 17.3. The lowest BCUT2D eigenvalue weighted by Gasteiger charge is -2.20. The summed E-state index contributed by atoms with van der Waals surface area (Å²) in [6.45, 7) is 2.22. The van der Waals surface area contributed by atoms with Gasteiger partial charge in [0, 0.05) is 11.5 Å². The third-order valence-corrected chi connectivity index (χ3v) is 5.08. The highest BCUT2D eigenvalue weighted by Gasteiger charge is 2.27. The molecule has 0 aliphatic rings. The van der Waals surface area contributed by atoms with Gasteiger partial charge in [0.05, 0.1) is 13.0 Å². The summed E-state index contributed by atoms with van der Waals surface area (Å²) in [7, 11) is 1.37. The highest BCUT2D eigenvalue weighted by molar-refractivity contribution is 6.01. The van der Waals surface area contributed by atoms with Gasteiger partial charge in [-0.15, -0.1) is 0 Å². The molecule has 0 spiro atoms. The minimum absolute atomic E-state index is 0.0397. The van der Waals surface area contributed by atoms with E-state index in [-0.39, 0.29) is 17.7 Å². The largest absolute Gasteiger partial charge is 0.489 e. The van der Waals surface area contributed by atoms with E-state index in [0.717, 1.165) is 11.1 Å². The smallest absolute Gasteiger partial charge is 0.308 e. The predicted molar refractivity (Wildman–Crippen MR) is 117 cm³/mol. The summed E-state index contributed by atoms with van der Waals surface area (Å²) in [5, 5.41) is 0.